The number of allylic oxidation sites excluding steroid dienone is 2. The Morgan fingerprint density at radius 3 is 2.56 bits per heavy atom. The summed E-state index contributed by atoms with van der Waals surface area (Å²) in [4.78, 5) is 12.3. The van der Waals surface area contributed by atoms with Crippen LogP contribution in [0.4, 0.5) is 0 Å². The lowest BCUT2D eigenvalue weighted by atomic mass is 9.85. The van der Waals surface area contributed by atoms with Gasteiger partial charge in [0.15, 0.2) is 5.76 Å². The highest BCUT2D eigenvalue weighted by atomic mass is 16.5. The Labute approximate surface area is 96.8 Å². The molecule has 4 atom stereocenters. The third-order valence-corrected chi connectivity index (χ3v) is 3.72. The van der Waals surface area contributed by atoms with Gasteiger partial charge in [-0.25, -0.2) is 0 Å². The van der Waals surface area contributed by atoms with Gasteiger partial charge in [-0.05, 0) is 38.7 Å². The van der Waals surface area contributed by atoms with E-state index in [1.165, 1.54) is 0 Å². The van der Waals surface area contributed by atoms with E-state index in [0.717, 1.165) is 12.8 Å². The lowest BCUT2D eigenvalue weighted by molar-refractivity contribution is -0.125. The standard InChI is InChI=1S/C13H20O3/c1-8-9(2)16-10(3)12(8)13(14)11-6-4-5-7-15-11/h6,8-10,12H,4-5,7H2,1-3H3. The van der Waals surface area contributed by atoms with Gasteiger partial charge in [0.1, 0.15) is 0 Å². The highest BCUT2D eigenvalue weighted by Crippen LogP contribution is 2.35. The van der Waals surface area contributed by atoms with Crippen LogP contribution in [0.25, 0.3) is 0 Å². The molecule has 2 aliphatic rings. The van der Waals surface area contributed by atoms with Gasteiger partial charge in [-0.3, -0.25) is 4.79 Å². The summed E-state index contributed by atoms with van der Waals surface area (Å²) < 4.78 is 11.1. The van der Waals surface area contributed by atoms with E-state index in [1.54, 1.807) is 0 Å². The van der Waals surface area contributed by atoms with Crippen LogP contribution < -0.4 is 0 Å². The van der Waals surface area contributed by atoms with Gasteiger partial charge in [0.25, 0.3) is 0 Å². The van der Waals surface area contributed by atoms with Gasteiger partial charge in [0, 0.05) is 0 Å². The van der Waals surface area contributed by atoms with E-state index >= 15 is 0 Å². The molecule has 3 heteroatoms. The Balaban J connectivity index is 2.12. The molecular weight excluding hydrogens is 204 g/mol. The predicted molar refractivity (Wildman–Crippen MR) is 60.9 cm³/mol. The van der Waals surface area contributed by atoms with Crippen molar-refractivity contribution in [3.8, 4) is 0 Å². The Kier molecular flexibility index (Phi) is 3.33. The normalized spacial score (nSPS) is 39.1. The van der Waals surface area contributed by atoms with Gasteiger partial charge in [0.05, 0.1) is 24.7 Å². The molecule has 2 aliphatic heterocycles. The summed E-state index contributed by atoms with van der Waals surface area (Å²) in [7, 11) is 0. The topological polar surface area (TPSA) is 35.5 Å². The summed E-state index contributed by atoms with van der Waals surface area (Å²) >= 11 is 0. The van der Waals surface area contributed by atoms with E-state index in [2.05, 4.69) is 6.92 Å². The second-order valence-electron chi connectivity index (χ2n) is 4.85. The van der Waals surface area contributed by atoms with Crippen LogP contribution in [0.2, 0.25) is 0 Å². The predicted octanol–water partition coefficient (Wildman–Crippen LogP) is 2.31. The third-order valence-electron chi connectivity index (χ3n) is 3.72. The van der Waals surface area contributed by atoms with Gasteiger partial charge in [0.2, 0.25) is 5.78 Å². The molecule has 0 N–H and O–H groups in total. The molecule has 4 unspecified atom stereocenters. The zero-order valence-corrected chi connectivity index (χ0v) is 10.2. The van der Waals surface area contributed by atoms with Crippen LogP contribution in [-0.2, 0) is 14.3 Å². The molecule has 2 heterocycles. The second kappa shape index (κ2) is 4.58. The zero-order valence-electron chi connectivity index (χ0n) is 10.2. The van der Waals surface area contributed by atoms with Crippen molar-refractivity contribution in [3.63, 3.8) is 0 Å². The number of Topliss-reactive ketones (excluding diaryl/α,β-unsaturated/α-hetero) is 1. The van der Waals surface area contributed by atoms with Crippen LogP contribution in [-0.4, -0.2) is 24.6 Å². The third kappa shape index (κ3) is 2.01. The average molecular weight is 224 g/mol. The maximum Gasteiger partial charge on any atom is 0.203 e. The quantitative estimate of drug-likeness (QED) is 0.722. The monoisotopic (exact) mass is 224 g/mol. The number of carbonyl (C=O) groups is 1. The average Bonchev–Trinajstić information content (AvgIpc) is 2.54. The summed E-state index contributed by atoms with van der Waals surface area (Å²) in [6, 6.07) is 0. The molecular formula is C13H20O3. The fourth-order valence-corrected chi connectivity index (χ4v) is 2.61. The molecule has 0 amide bonds. The molecule has 0 aliphatic carbocycles. The van der Waals surface area contributed by atoms with Gasteiger partial charge < -0.3 is 9.47 Å². The van der Waals surface area contributed by atoms with Crippen molar-refractivity contribution in [2.45, 2.75) is 45.8 Å². The maximum absolute atomic E-state index is 12.3. The molecule has 1 saturated heterocycles. The molecule has 90 valence electrons. The Bertz CT molecular complexity index is 308. The van der Waals surface area contributed by atoms with Crippen LogP contribution in [0.1, 0.15) is 33.6 Å². The summed E-state index contributed by atoms with van der Waals surface area (Å²) in [6.07, 6.45) is 4.05. The Morgan fingerprint density at radius 1 is 1.31 bits per heavy atom. The number of ether oxygens (including phenoxy) is 2. The molecule has 0 aromatic heterocycles. The summed E-state index contributed by atoms with van der Waals surface area (Å²) in [6.45, 7) is 6.76. The largest absolute Gasteiger partial charge is 0.490 e. The van der Waals surface area contributed by atoms with Crippen LogP contribution in [0.5, 0.6) is 0 Å². The van der Waals surface area contributed by atoms with E-state index in [4.69, 9.17) is 9.47 Å². The summed E-state index contributed by atoms with van der Waals surface area (Å²) in [5.74, 6) is 0.921. The smallest absolute Gasteiger partial charge is 0.203 e. The minimum absolute atomic E-state index is 0.00364. The van der Waals surface area contributed by atoms with E-state index in [-0.39, 0.29) is 29.8 Å². The fourth-order valence-electron chi connectivity index (χ4n) is 2.61. The molecule has 3 nitrogen and oxygen atoms in total. The maximum atomic E-state index is 12.3. The van der Waals surface area contributed by atoms with Gasteiger partial charge in [-0.1, -0.05) is 6.92 Å². The van der Waals surface area contributed by atoms with E-state index < -0.39 is 0 Å². The van der Waals surface area contributed by atoms with Crippen molar-refractivity contribution in [2.75, 3.05) is 6.61 Å². The van der Waals surface area contributed by atoms with Gasteiger partial charge in [-0.15, -0.1) is 0 Å². The van der Waals surface area contributed by atoms with Crippen molar-refractivity contribution in [2.24, 2.45) is 11.8 Å². The fraction of sp³-hybridized carbons (Fsp3) is 0.769. The van der Waals surface area contributed by atoms with Crippen molar-refractivity contribution in [1.29, 1.82) is 0 Å². The molecule has 1 fully saturated rings. The second-order valence-corrected chi connectivity index (χ2v) is 4.85. The molecule has 0 radical (unpaired) electrons. The highest BCUT2D eigenvalue weighted by Gasteiger charge is 2.43. The molecule has 16 heavy (non-hydrogen) atoms. The van der Waals surface area contributed by atoms with Gasteiger partial charge in [-0.2, -0.15) is 0 Å². The first kappa shape index (κ1) is 11.6. The zero-order chi connectivity index (χ0) is 11.7. The van der Waals surface area contributed by atoms with Crippen LogP contribution in [0.15, 0.2) is 11.8 Å². The minimum Gasteiger partial charge on any atom is -0.490 e. The lowest BCUT2D eigenvalue weighted by Gasteiger charge is -2.21. The molecule has 0 bridgehead atoms. The first-order valence-electron chi connectivity index (χ1n) is 6.14. The van der Waals surface area contributed by atoms with Crippen molar-refractivity contribution in [3.05, 3.63) is 11.8 Å². The van der Waals surface area contributed by atoms with Crippen LogP contribution in [0, 0.1) is 11.8 Å². The number of rotatable bonds is 2. The number of hydrogen-bond acceptors (Lipinski definition) is 3. The minimum atomic E-state index is -0.0423. The number of ketones is 1. The lowest BCUT2D eigenvalue weighted by Crippen LogP contribution is -2.29. The van der Waals surface area contributed by atoms with Crippen molar-refractivity contribution in [1.82, 2.24) is 0 Å². The van der Waals surface area contributed by atoms with E-state index in [0.29, 0.717) is 12.4 Å². The molecule has 0 saturated carbocycles. The first-order valence-corrected chi connectivity index (χ1v) is 6.14. The first-order chi connectivity index (χ1) is 7.61. The number of carbonyl (C=O) groups excluding carboxylic acids is 1. The SMILES string of the molecule is CC1OC(C)C(C(=O)C2=CCCCO2)C1C. The van der Waals surface area contributed by atoms with Crippen molar-refractivity contribution >= 4 is 5.78 Å². The van der Waals surface area contributed by atoms with Crippen LogP contribution >= 0.6 is 0 Å². The van der Waals surface area contributed by atoms with E-state index in [9.17, 15) is 4.79 Å². The number of hydrogen-bond donors (Lipinski definition) is 0. The Morgan fingerprint density at radius 2 is 2.06 bits per heavy atom. The summed E-state index contributed by atoms with van der Waals surface area (Å²) in [5.41, 5.74) is 0. The molecule has 0 spiro atoms. The van der Waals surface area contributed by atoms with Crippen LogP contribution in [0.3, 0.4) is 0 Å². The van der Waals surface area contributed by atoms with Gasteiger partial charge >= 0.3 is 0 Å². The molecule has 2 rings (SSSR count). The van der Waals surface area contributed by atoms with E-state index in [1.807, 2.05) is 19.9 Å². The highest BCUT2D eigenvalue weighted by molar-refractivity contribution is 5.96. The Hall–Kier alpha value is -0.830. The van der Waals surface area contributed by atoms with Crippen molar-refractivity contribution < 1.29 is 14.3 Å². The summed E-state index contributed by atoms with van der Waals surface area (Å²) in [5, 5.41) is 0. The molecule has 0 aromatic carbocycles. The molecule has 0 aromatic rings.